The Bertz CT molecular complexity index is 971. The first-order valence-electron chi connectivity index (χ1n) is 11.2. The number of anilines is 1. The summed E-state index contributed by atoms with van der Waals surface area (Å²) in [5, 5.41) is 0. The molecule has 0 spiro atoms. The summed E-state index contributed by atoms with van der Waals surface area (Å²) >= 11 is 0. The molecular weight excluding hydrogens is 370 g/mol. The van der Waals surface area contributed by atoms with Gasteiger partial charge in [-0.25, -0.2) is 4.98 Å². The molecule has 156 valence electrons. The molecule has 0 saturated carbocycles. The Morgan fingerprint density at radius 3 is 2.40 bits per heavy atom. The van der Waals surface area contributed by atoms with Crippen LogP contribution in [-0.2, 0) is 4.79 Å². The van der Waals surface area contributed by atoms with E-state index < -0.39 is 0 Å². The van der Waals surface area contributed by atoms with E-state index >= 15 is 0 Å². The van der Waals surface area contributed by atoms with E-state index in [4.69, 9.17) is 0 Å². The molecule has 1 saturated heterocycles. The van der Waals surface area contributed by atoms with E-state index in [1.165, 1.54) is 23.2 Å². The third-order valence-corrected chi connectivity index (χ3v) is 6.06. The van der Waals surface area contributed by atoms with Crippen molar-refractivity contribution in [2.75, 3.05) is 18.0 Å². The minimum Gasteiger partial charge on any atom is -0.371 e. The lowest BCUT2D eigenvalue weighted by atomic mass is 9.87. The Labute approximate surface area is 179 Å². The van der Waals surface area contributed by atoms with Gasteiger partial charge < -0.3 is 9.47 Å². The molecule has 5 rings (SSSR count). The van der Waals surface area contributed by atoms with Crippen molar-refractivity contribution in [2.24, 2.45) is 5.92 Å². The number of fused-ring (bicyclic) bond motifs is 3. The molecule has 1 aromatic heterocycles. The molecule has 4 heteroatoms. The third kappa shape index (κ3) is 4.04. The van der Waals surface area contributed by atoms with E-state index in [0.717, 1.165) is 31.6 Å². The molecule has 1 fully saturated rings. The molecule has 4 nitrogen and oxygen atoms in total. The van der Waals surface area contributed by atoms with E-state index in [1.54, 1.807) is 0 Å². The highest BCUT2D eigenvalue weighted by Gasteiger charge is 2.33. The lowest BCUT2D eigenvalue weighted by Gasteiger charge is -2.33. The zero-order chi connectivity index (χ0) is 20.9. The fraction of sp³-hybridized carbons (Fsp3) is 0.385. The van der Waals surface area contributed by atoms with Crippen LogP contribution in [0, 0.1) is 5.92 Å². The fourth-order valence-electron chi connectivity index (χ4n) is 4.60. The van der Waals surface area contributed by atoms with Crippen LogP contribution in [0.5, 0.6) is 0 Å². The summed E-state index contributed by atoms with van der Waals surface area (Å²) in [5.74, 6) is 0.564. The van der Waals surface area contributed by atoms with Gasteiger partial charge in [0.15, 0.2) is 0 Å². The van der Waals surface area contributed by atoms with Crippen LogP contribution in [0.3, 0.4) is 0 Å². The second kappa shape index (κ2) is 9.29. The fourth-order valence-corrected chi connectivity index (χ4v) is 4.60. The lowest BCUT2D eigenvalue weighted by Crippen LogP contribution is -2.36. The van der Waals surface area contributed by atoms with Gasteiger partial charge in [0.2, 0.25) is 0 Å². The van der Waals surface area contributed by atoms with Crippen LogP contribution < -0.4 is 4.90 Å². The zero-order valence-corrected chi connectivity index (χ0v) is 18.0. The van der Waals surface area contributed by atoms with Crippen LogP contribution in [0.4, 0.5) is 5.69 Å². The summed E-state index contributed by atoms with van der Waals surface area (Å²) in [6.45, 7) is 6.16. The number of hydrogen-bond donors (Lipinski definition) is 0. The van der Waals surface area contributed by atoms with Crippen molar-refractivity contribution in [3.05, 3.63) is 72.7 Å². The topological polar surface area (TPSA) is 38.1 Å². The van der Waals surface area contributed by atoms with Crippen molar-refractivity contribution in [1.29, 1.82) is 0 Å². The van der Waals surface area contributed by atoms with Gasteiger partial charge in [0.1, 0.15) is 5.78 Å². The van der Waals surface area contributed by atoms with Crippen LogP contribution in [-0.4, -0.2) is 28.4 Å². The van der Waals surface area contributed by atoms with Gasteiger partial charge in [0.25, 0.3) is 0 Å². The second-order valence-corrected chi connectivity index (χ2v) is 8.26. The first-order valence-corrected chi connectivity index (χ1v) is 11.2. The SMILES string of the molecule is CCC.O=C(CC1c2ccccc2-c2cncn21)C1CCN(c2ccccc2)CC1. The third-order valence-electron chi connectivity index (χ3n) is 6.06. The van der Waals surface area contributed by atoms with Gasteiger partial charge in [-0.2, -0.15) is 0 Å². The number of piperidine rings is 1. The number of imidazole rings is 1. The number of benzene rings is 2. The Kier molecular flexibility index (Phi) is 6.32. The first-order chi connectivity index (χ1) is 14.7. The lowest BCUT2D eigenvalue weighted by molar-refractivity contribution is -0.123. The van der Waals surface area contributed by atoms with E-state index in [1.807, 2.05) is 18.6 Å². The number of para-hydroxylation sites is 1. The Morgan fingerprint density at radius 2 is 1.67 bits per heavy atom. The molecule has 1 atom stereocenters. The van der Waals surface area contributed by atoms with Crippen LogP contribution in [0.25, 0.3) is 11.3 Å². The summed E-state index contributed by atoms with van der Waals surface area (Å²) in [7, 11) is 0. The highest BCUT2D eigenvalue weighted by atomic mass is 16.1. The number of nitrogens with zero attached hydrogens (tertiary/aromatic N) is 3. The molecule has 2 aliphatic heterocycles. The van der Waals surface area contributed by atoms with Crippen LogP contribution in [0.15, 0.2) is 67.1 Å². The molecule has 0 amide bonds. The Hall–Kier alpha value is -2.88. The maximum absolute atomic E-state index is 13.1. The maximum atomic E-state index is 13.1. The smallest absolute Gasteiger partial charge is 0.138 e. The molecule has 0 aliphatic carbocycles. The molecule has 30 heavy (non-hydrogen) atoms. The Morgan fingerprint density at radius 1 is 1.00 bits per heavy atom. The van der Waals surface area contributed by atoms with Crippen molar-refractivity contribution in [1.82, 2.24) is 9.55 Å². The van der Waals surface area contributed by atoms with Gasteiger partial charge in [-0.1, -0.05) is 62.7 Å². The maximum Gasteiger partial charge on any atom is 0.138 e. The summed E-state index contributed by atoms with van der Waals surface area (Å²) in [6, 6.07) is 19.0. The normalized spacial score (nSPS) is 17.7. The van der Waals surface area contributed by atoms with Gasteiger partial charge in [0, 0.05) is 36.7 Å². The standard InChI is InChI=1S/C23H23N3O.C3H8/c27-23(17-10-12-25(13-11-17)18-6-2-1-3-7-18)14-21-19-8-4-5-9-20(19)22-15-24-16-26(21)22;1-3-2/h1-9,15-17,21H,10-14H2;3H2,1-2H3. The van der Waals surface area contributed by atoms with E-state index in [9.17, 15) is 4.79 Å². The van der Waals surface area contributed by atoms with Crippen molar-refractivity contribution in [3.8, 4) is 11.3 Å². The van der Waals surface area contributed by atoms with Gasteiger partial charge in [0.05, 0.1) is 24.3 Å². The minimum absolute atomic E-state index is 0.0957. The first kappa shape index (κ1) is 20.4. The second-order valence-electron chi connectivity index (χ2n) is 8.26. The molecule has 0 bridgehead atoms. The van der Waals surface area contributed by atoms with Gasteiger partial charge >= 0.3 is 0 Å². The van der Waals surface area contributed by atoms with E-state index in [2.05, 4.69) is 76.8 Å². The number of carbonyl (C=O) groups excluding carboxylic acids is 1. The van der Waals surface area contributed by atoms with Gasteiger partial charge in [-0.05, 0) is 30.5 Å². The highest BCUT2D eigenvalue weighted by Crippen LogP contribution is 2.41. The molecule has 2 aliphatic rings. The predicted molar refractivity (Wildman–Crippen MR) is 123 cm³/mol. The van der Waals surface area contributed by atoms with Crippen molar-refractivity contribution in [3.63, 3.8) is 0 Å². The predicted octanol–water partition coefficient (Wildman–Crippen LogP) is 5.75. The molecule has 0 N–H and O–H groups in total. The molecular formula is C26H31N3O. The quantitative estimate of drug-likeness (QED) is 0.559. The average molecular weight is 402 g/mol. The van der Waals surface area contributed by atoms with Crippen LogP contribution in [0.2, 0.25) is 0 Å². The minimum atomic E-state index is 0.0957. The largest absolute Gasteiger partial charge is 0.371 e. The molecule has 0 radical (unpaired) electrons. The zero-order valence-electron chi connectivity index (χ0n) is 18.0. The van der Waals surface area contributed by atoms with Crippen LogP contribution >= 0.6 is 0 Å². The summed E-state index contributed by atoms with van der Waals surface area (Å²) in [4.78, 5) is 19.8. The van der Waals surface area contributed by atoms with Crippen molar-refractivity contribution < 1.29 is 4.79 Å². The number of aromatic nitrogens is 2. The Balaban J connectivity index is 0.000000687. The number of rotatable bonds is 4. The van der Waals surface area contributed by atoms with Crippen molar-refractivity contribution in [2.45, 2.75) is 45.6 Å². The summed E-state index contributed by atoms with van der Waals surface area (Å²) in [5.41, 5.74) is 4.86. The number of ketones is 1. The van der Waals surface area contributed by atoms with Gasteiger partial charge in [-0.3, -0.25) is 4.79 Å². The number of Topliss-reactive ketones (excluding diaryl/α,β-unsaturated/α-hetero) is 1. The summed E-state index contributed by atoms with van der Waals surface area (Å²) < 4.78 is 2.17. The monoisotopic (exact) mass is 401 g/mol. The highest BCUT2D eigenvalue weighted by molar-refractivity contribution is 5.83. The molecule has 1 unspecified atom stereocenters. The van der Waals surface area contributed by atoms with Crippen molar-refractivity contribution >= 4 is 11.5 Å². The van der Waals surface area contributed by atoms with E-state index in [-0.39, 0.29) is 12.0 Å². The van der Waals surface area contributed by atoms with Gasteiger partial charge in [-0.15, -0.1) is 0 Å². The molecule has 3 heterocycles. The average Bonchev–Trinajstić information content (AvgIpc) is 3.38. The van der Waals surface area contributed by atoms with Crippen LogP contribution in [0.1, 0.15) is 51.1 Å². The van der Waals surface area contributed by atoms with E-state index in [0.29, 0.717) is 12.2 Å². The molecule has 3 aromatic rings. The summed E-state index contributed by atoms with van der Waals surface area (Å²) in [6.07, 6.45) is 7.47. The number of hydrogen-bond acceptors (Lipinski definition) is 3. The number of carbonyl (C=O) groups is 1. The molecule has 2 aromatic carbocycles.